The van der Waals surface area contributed by atoms with Crippen molar-refractivity contribution in [1.29, 1.82) is 0 Å². The van der Waals surface area contributed by atoms with Gasteiger partial charge in [-0.25, -0.2) is 0 Å². The van der Waals surface area contributed by atoms with Gasteiger partial charge in [0.1, 0.15) is 42.3 Å². The van der Waals surface area contributed by atoms with Crippen LogP contribution in [0.3, 0.4) is 0 Å². The molecule has 1 rings (SSSR count). The molecular weight excluding hydrogens is 1290 g/mol. The van der Waals surface area contributed by atoms with Crippen LogP contribution in [0.4, 0.5) is 0 Å². The molecule has 1 aromatic rings. The molecule has 39 nitrogen and oxygen atoms in total. The molecule has 26 N–H and O–H groups in total. The summed E-state index contributed by atoms with van der Waals surface area (Å²) < 4.78 is 0. The van der Waals surface area contributed by atoms with Gasteiger partial charge in [-0.3, -0.25) is 81.7 Å². The average Bonchev–Trinajstić information content (AvgIpc) is 0.875. The number of nitrogens with two attached hydrogens (primary N) is 4. The van der Waals surface area contributed by atoms with E-state index in [0.717, 1.165) is 5.56 Å². The molecule has 1 aromatic carbocycles. The molecular formula is C59H97N19O20. The highest BCUT2D eigenvalue weighted by Gasteiger charge is 2.34. The molecule has 0 aliphatic rings. The molecule has 0 radical (unpaired) electrons. The molecule has 9 unspecified atom stereocenters. The molecule has 15 amide bonds. The van der Waals surface area contributed by atoms with Crippen LogP contribution in [0.5, 0.6) is 0 Å². The van der Waals surface area contributed by atoms with Gasteiger partial charge in [0.15, 0.2) is 5.96 Å². The van der Waals surface area contributed by atoms with Gasteiger partial charge in [0.25, 0.3) is 0 Å². The summed E-state index contributed by atoms with van der Waals surface area (Å²) in [5.74, 6) is -16.6. The number of hydrogen-bond acceptors (Lipinski definition) is 21. The number of carbonyl (C=O) groups is 16. The Balaban J connectivity index is 3.05. The van der Waals surface area contributed by atoms with Gasteiger partial charge < -0.3 is 118 Å². The van der Waals surface area contributed by atoms with E-state index in [1.54, 1.807) is 37.3 Å². The van der Waals surface area contributed by atoms with E-state index in [4.69, 9.17) is 22.9 Å². The van der Waals surface area contributed by atoms with E-state index in [0.29, 0.717) is 19.3 Å². The fourth-order valence-corrected chi connectivity index (χ4v) is 8.77. The maximum Gasteiger partial charge on any atom is 0.303 e. The summed E-state index contributed by atoms with van der Waals surface area (Å²) in [6.45, 7) is 1.46. The minimum absolute atomic E-state index is 0.00238. The molecule has 0 fully saturated rings. The van der Waals surface area contributed by atoms with Gasteiger partial charge in [0.05, 0.1) is 71.2 Å². The summed E-state index contributed by atoms with van der Waals surface area (Å²) >= 11 is 0. The third-order valence-corrected chi connectivity index (χ3v) is 13.9. The van der Waals surface area contributed by atoms with Gasteiger partial charge in [-0.1, -0.05) is 71.4 Å². The van der Waals surface area contributed by atoms with Crippen LogP contribution in [0.25, 0.3) is 0 Å². The number of hydrogen-bond donors (Lipinski definition) is 22. The van der Waals surface area contributed by atoms with Gasteiger partial charge in [0.2, 0.25) is 88.6 Å². The molecule has 39 heteroatoms. The Morgan fingerprint density at radius 3 is 1.32 bits per heavy atom. The highest BCUT2D eigenvalue weighted by atomic mass is 16.4. The van der Waals surface area contributed by atoms with E-state index < -0.39 is 240 Å². The van der Waals surface area contributed by atoms with Crippen molar-refractivity contribution in [2.24, 2.45) is 39.8 Å². The summed E-state index contributed by atoms with van der Waals surface area (Å²) in [5.41, 5.74) is 22.8. The molecule has 9 atom stereocenters. The van der Waals surface area contributed by atoms with E-state index in [9.17, 15) is 97.1 Å². The smallest absolute Gasteiger partial charge is 0.303 e. The summed E-state index contributed by atoms with van der Waals surface area (Å²) in [7, 11) is 0. The highest BCUT2D eigenvalue weighted by Crippen LogP contribution is 2.09. The monoisotopic (exact) mass is 1390 g/mol. The number of benzene rings is 1. The Hall–Kier alpha value is -10.2. The second-order valence-corrected chi connectivity index (χ2v) is 23.1. The first-order valence-corrected chi connectivity index (χ1v) is 31.4. The summed E-state index contributed by atoms with van der Waals surface area (Å²) in [6, 6.07) is -3.64. The number of carbonyl (C=O) groups excluding carboxylic acids is 15. The van der Waals surface area contributed by atoms with Crippen LogP contribution in [-0.4, -0.2) is 241 Å². The second kappa shape index (κ2) is 46.9. The first-order chi connectivity index (χ1) is 46.2. The minimum atomic E-state index is -1.86. The maximum absolute atomic E-state index is 13.8. The number of nitrogens with zero attached hydrogens (tertiary/aromatic N) is 1. The zero-order valence-electron chi connectivity index (χ0n) is 55.5. The standard InChI is InChI=1S/C59H97N19O20/c1-6-11-36(72-45(85)24-66-51(91)35(60)20-31(2)3)52(92)68-26-47(87)74-38(15-17-42(61)82)53(93)69-25-46(86)73-37(14-10-19-64-59(62)63)56(96)77-41(30-81)57(97)78-50(32(4)5)58(98)76-39(16-18-49(89)90)54(94)70-27-48(88)75-40(29-80)55(95)67-22-43(83)65-23-44(84)71-34(28-79)21-33-12-8-7-9-13-33/h7-9,12-13,31-32,34-41,50,79-81H,6,10-11,14-30,60H2,1-5H3,(H2,61,82)(H,65,83)(H,66,91)(H,67,95)(H,68,92)(H,69,93)(H,70,94)(H,71,84)(H,72,85)(H,73,86)(H,74,87)(H,75,88)(H,76,98)(H,77,96)(H,78,97)(H,89,90)(H4,62,63,64). The third-order valence-electron chi connectivity index (χ3n) is 13.9. The van der Waals surface area contributed by atoms with Crippen LogP contribution in [0.2, 0.25) is 0 Å². The van der Waals surface area contributed by atoms with Crippen LogP contribution >= 0.6 is 0 Å². The number of carboxylic acids is 1. The number of rotatable bonds is 48. The lowest BCUT2D eigenvalue weighted by molar-refractivity contribution is -0.138. The number of carboxylic acid groups (broad SMARTS) is 1. The molecule has 0 saturated carbocycles. The number of guanidine groups is 1. The molecule has 0 aromatic heterocycles. The number of amides is 15. The Bertz CT molecular complexity index is 2900. The maximum atomic E-state index is 13.8. The van der Waals surface area contributed by atoms with Crippen molar-refractivity contribution < 1.29 is 97.1 Å². The Morgan fingerprint density at radius 2 is 0.857 bits per heavy atom. The largest absolute Gasteiger partial charge is 0.481 e. The molecule has 0 aliphatic carbocycles. The Morgan fingerprint density at radius 1 is 0.449 bits per heavy atom. The van der Waals surface area contributed by atoms with Crippen LogP contribution in [-0.2, 0) is 83.1 Å². The summed E-state index contributed by atoms with van der Waals surface area (Å²) in [6.07, 6.45) is -1.19. The van der Waals surface area contributed by atoms with E-state index in [-0.39, 0.29) is 37.7 Å². The normalized spacial score (nSPS) is 13.6. The van der Waals surface area contributed by atoms with Crippen molar-refractivity contribution in [3.63, 3.8) is 0 Å². The lowest BCUT2D eigenvalue weighted by Gasteiger charge is -2.27. The first-order valence-electron chi connectivity index (χ1n) is 31.4. The molecule has 0 spiro atoms. The van der Waals surface area contributed by atoms with Crippen LogP contribution in [0.15, 0.2) is 35.3 Å². The zero-order chi connectivity index (χ0) is 74.0. The topological polar surface area (TPSA) is 639 Å². The van der Waals surface area contributed by atoms with Crippen LogP contribution in [0, 0.1) is 11.8 Å². The lowest BCUT2D eigenvalue weighted by Crippen LogP contribution is -2.60. The SMILES string of the molecule is CCCC(NC(=O)CNC(=O)C(N)CC(C)C)C(=O)NCC(=O)NC(CCC(N)=O)C(=O)NCC(=O)NC(CCCN=C(N)N)C(=O)NC(CO)C(=O)NC(C(=O)NC(CCC(=O)O)C(=O)NCC(=O)NC(CO)C(=O)NCC(=O)NCC(=O)NC(CO)Cc1ccccc1)C(C)C. The second-order valence-electron chi connectivity index (χ2n) is 23.1. The zero-order valence-corrected chi connectivity index (χ0v) is 55.5. The molecule has 0 saturated heterocycles. The van der Waals surface area contributed by atoms with Crippen molar-refractivity contribution in [2.75, 3.05) is 65.6 Å². The van der Waals surface area contributed by atoms with Crippen LogP contribution < -0.4 is 97.4 Å². The molecule has 548 valence electrons. The minimum Gasteiger partial charge on any atom is -0.481 e. The van der Waals surface area contributed by atoms with Gasteiger partial charge in [0, 0.05) is 19.4 Å². The molecule has 0 bridgehead atoms. The average molecular weight is 1390 g/mol. The first kappa shape index (κ1) is 85.9. The number of aliphatic imine (C=N–C) groups is 1. The third kappa shape index (κ3) is 36.7. The van der Waals surface area contributed by atoms with Crippen molar-refractivity contribution in [3.8, 4) is 0 Å². The van der Waals surface area contributed by atoms with Gasteiger partial charge in [-0.2, -0.15) is 0 Å². The Labute approximate surface area is 564 Å². The van der Waals surface area contributed by atoms with E-state index in [2.05, 4.69) is 79.4 Å². The van der Waals surface area contributed by atoms with Crippen molar-refractivity contribution in [1.82, 2.24) is 74.4 Å². The number of primary amides is 1. The molecule has 0 aliphatic heterocycles. The number of nitrogens with one attached hydrogen (secondary N) is 14. The fourth-order valence-electron chi connectivity index (χ4n) is 8.77. The predicted molar refractivity (Wildman–Crippen MR) is 347 cm³/mol. The van der Waals surface area contributed by atoms with E-state index in [1.165, 1.54) is 13.8 Å². The summed E-state index contributed by atoms with van der Waals surface area (Å²) in [4.78, 5) is 210. The van der Waals surface area contributed by atoms with E-state index in [1.807, 2.05) is 13.8 Å². The fraction of sp³-hybridized carbons (Fsp3) is 0.610. The van der Waals surface area contributed by atoms with Crippen LogP contribution in [0.1, 0.15) is 98.0 Å². The number of aliphatic hydroxyl groups is 3. The van der Waals surface area contributed by atoms with Crippen molar-refractivity contribution >= 4 is 101 Å². The van der Waals surface area contributed by atoms with Crippen molar-refractivity contribution in [3.05, 3.63) is 35.9 Å². The van der Waals surface area contributed by atoms with Gasteiger partial charge in [-0.05, 0) is 62.3 Å². The van der Waals surface area contributed by atoms with Gasteiger partial charge >= 0.3 is 5.97 Å². The molecule has 0 heterocycles. The van der Waals surface area contributed by atoms with Gasteiger partial charge in [-0.15, -0.1) is 0 Å². The summed E-state index contributed by atoms with van der Waals surface area (Å²) in [5, 5.41) is 71.6. The molecule has 98 heavy (non-hydrogen) atoms. The quantitative estimate of drug-likeness (QED) is 0.0164. The predicted octanol–water partition coefficient (Wildman–Crippen LogP) is -10.2. The van der Waals surface area contributed by atoms with E-state index >= 15 is 0 Å². The Kier molecular flexibility index (Phi) is 41.1. The highest BCUT2D eigenvalue weighted by molar-refractivity contribution is 5.99. The number of aliphatic carboxylic acids is 1. The lowest BCUT2D eigenvalue weighted by atomic mass is 10.0. The number of aliphatic hydroxyl groups excluding tert-OH is 3. The van der Waals surface area contributed by atoms with Crippen molar-refractivity contribution in [2.45, 2.75) is 153 Å².